The molecule has 2 unspecified atom stereocenters. The van der Waals surface area contributed by atoms with Crippen molar-refractivity contribution in [2.24, 2.45) is 11.8 Å². The van der Waals surface area contributed by atoms with Gasteiger partial charge in [-0.25, -0.2) is 9.59 Å². The maximum Gasteiger partial charge on any atom is 0.376 e. The van der Waals surface area contributed by atoms with E-state index in [1.54, 1.807) is 13.8 Å². The van der Waals surface area contributed by atoms with Gasteiger partial charge in [0.05, 0.1) is 13.2 Å². The molecule has 0 amide bonds. The minimum atomic E-state index is -0.709. The summed E-state index contributed by atoms with van der Waals surface area (Å²) in [7, 11) is 0. The molecule has 2 atom stereocenters. The van der Waals surface area contributed by atoms with E-state index in [0.29, 0.717) is 25.0 Å². The highest BCUT2D eigenvalue weighted by Crippen LogP contribution is 2.13. The first-order valence-electron chi connectivity index (χ1n) is 8.44. The Hall–Kier alpha value is -1.86. The van der Waals surface area contributed by atoms with Gasteiger partial charge >= 0.3 is 11.9 Å². The van der Waals surface area contributed by atoms with Crippen LogP contribution >= 0.6 is 0 Å². The lowest BCUT2D eigenvalue weighted by molar-refractivity contribution is -0.107. The SMILES string of the molecule is CC(C)COC(C)OC(=O)c1ccc(C(=O)OC(C)OCC(C)C)o1. The molecule has 7 heteroatoms. The summed E-state index contributed by atoms with van der Waals surface area (Å²) in [6, 6.07) is 2.71. The van der Waals surface area contributed by atoms with Gasteiger partial charge in [-0.2, -0.15) is 0 Å². The molecule has 0 spiro atoms. The molecular weight excluding hydrogens is 328 g/mol. The van der Waals surface area contributed by atoms with Crippen molar-refractivity contribution in [3.63, 3.8) is 0 Å². The van der Waals surface area contributed by atoms with Crippen molar-refractivity contribution in [3.8, 4) is 0 Å². The van der Waals surface area contributed by atoms with Gasteiger partial charge in [-0.1, -0.05) is 27.7 Å². The summed E-state index contributed by atoms with van der Waals surface area (Å²) >= 11 is 0. The average molecular weight is 356 g/mol. The first-order chi connectivity index (χ1) is 11.7. The lowest BCUT2D eigenvalue weighted by atomic mass is 10.2. The van der Waals surface area contributed by atoms with Crippen LogP contribution in [-0.4, -0.2) is 37.7 Å². The fourth-order valence-electron chi connectivity index (χ4n) is 1.70. The van der Waals surface area contributed by atoms with Crippen molar-refractivity contribution in [1.82, 2.24) is 0 Å². The van der Waals surface area contributed by atoms with Crippen LogP contribution in [0.1, 0.15) is 62.7 Å². The molecule has 0 aliphatic heterocycles. The van der Waals surface area contributed by atoms with E-state index in [-0.39, 0.29) is 11.5 Å². The number of ether oxygens (including phenoxy) is 4. The molecular formula is C18H28O7. The summed E-state index contributed by atoms with van der Waals surface area (Å²) in [5, 5.41) is 0. The summed E-state index contributed by atoms with van der Waals surface area (Å²) in [6.07, 6.45) is -1.42. The van der Waals surface area contributed by atoms with Gasteiger partial charge in [-0.3, -0.25) is 0 Å². The molecule has 7 nitrogen and oxygen atoms in total. The van der Waals surface area contributed by atoms with Crippen LogP contribution in [0.3, 0.4) is 0 Å². The second-order valence-electron chi connectivity index (χ2n) is 6.56. The zero-order valence-electron chi connectivity index (χ0n) is 15.7. The third kappa shape index (κ3) is 8.18. The maximum atomic E-state index is 12.0. The second kappa shape index (κ2) is 10.2. The zero-order valence-corrected chi connectivity index (χ0v) is 15.7. The Balaban J connectivity index is 2.51. The minimum Gasteiger partial charge on any atom is -0.442 e. The molecule has 0 N–H and O–H groups in total. The van der Waals surface area contributed by atoms with Gasteiger partial charge in [-0.15, -0.1) is 0 Å². The molecule has 1 rings (SSSR count). The number of furan rings is 1. The third-order valence-electron chi connectivity index (χ3n) is 2.88. The Morgan fingerprint density at radius 1 is 0.800 bits per heavy atom. The smallest absolute Gasteiger partial charge is 0.376 e. The van der Waals surface area contributed by atoms with Gasteiger partial charge in [0.25, 0.3) is 0 Å². The summed E-state index contributed by atoms with van der Waals surface area (Å²) in [5.41, 5.74) is 0. The van der Waals surface area contributed by atoms with Crippen molar-refractivity contribution in [2.45, 2.75) is 54.1 Å². The molecule has 1 aromatic rings. The van der Waals surface area contributed by atoms with Crippen LogP contribution in [0.15, 0.2) is 16.5 Å². The highest BCUT2D eigenvalue weighted by Gasteiger charge is 2.21. The Morgan fingerprint density at radius 3 is 1.48 bits per heavy atom. The quantitative estimate of drug-likeness (QED) is 0.467. The van der Waals surface area contributed by atoms with E-state index < -0.39 is 24.5 Å². The molecule has 1 heterocycles. The van der Waals surface area contributed by atoms with Crippen molar-refractivity contribution < 1.29 is 33.0 Å². The first kappa shape index (κ1) is 21.2. The normalized spacial score (nSPS) is 13.8. The lowest BCUT2D eigenvalue weighted by Crippen LogP contribution is -2.20. The third-order valence-corrected chi connectivity index (χ3v) is 2.88. The van der Waals surface area contributed by atoms with E-state index in [1.807, 2.05) is 27.7 Å². The van der Waals surface area contributed by atoms with E-state index in [1.165, 1.54) is 12.1 Å². The average Bonchev–Trinajstić information content (AvgIpc) is 3.01. The fraction of sp³-hybridized carbons (Fsp3) is 0.667. The van der Waals surface area contributed by atoms with Crippen molar-refractivity contribution >= 4 is 11.9 Å². The number of rotatable bonds is 10. The number of hydrogen-bond acceptors (Lipinski definition) is 7. The summed E-state index contributed by atoms with van der Waals surface area (Å²) in [4.78, 5) is 23.9. The Morgan fingerprint density at radius 2 is 1.16 bits per heavy atom. The molecule has 25 heavy (non-hydrogen) atoms. The van der Waals surface area contributed by atoms with Gasteiger partial charge in [0.15, 0.2) is 0 Å². The topological polar surface area (TPSA) is 84.2 Å². The molecule has 0 saturated heterocycles. The van der Waals surface area contributed by atoms with E-state index in [9.17, 15) is 9.59 Å². The van der Waals surface area contributed by atoms with E-state index in [2.05, 4.69) is 0 Å². The van der Waals surface area contributed by atoms with Crippen LogP contribution in [0.25, 0.3) is 0 Å². The second-order valence-corrected chi connectivity index (χ2v) is 6.56. The standard InChI is InChI=1S/C18H28O7/c1-11(2)9-21-13(5)23-17(19)15-7-8-16(25-15)18(20)24-14(6)22-10-12(3)4/h7-8,11-14H,9-10H2,1-6H3. The summed E-state index contributed by atoms with van der Waals surface area (Å²) < 4.78 is 26.1. The lowest BCUT2D eigenvalue weighted by Gasteiger charge is -2.15. The van der Waals surface area contributed by atoms with Gasteiger partial charge in [-0.05, 0) is 37.8 Å². The van der Waals surface area contributed by atoms with E-state index in [4.69, 9.17) is 23.4 Å². The van der Waals surface area contributed by atoms with Crippen molar-refractivity contribution in [3.05, 3.63) is 23.7 Å². The largest absolute Gasteiger partial charge is 0.442 e. The molecule has 142 valence electrons. The molecule has 0 aliphatic rings. The maximum absolute atomic E-state index is 12.0. The Bertz CT molecular complexity index is 501. The highest BCUT2D eigenvalue weighted by atomic mass is 16.7. The van der Waals surface area contributed by atoms with Gasteiger partial charge in [0.2, 0.25) is 24.1 Å². The van der Waals surface area contributed by atoms with E-state index >= 15 is 0 Å². The Kier molecular flexibility index (Phi) is 8.65. The summed E-state index contributed by atoms with van der Waals surface area (Å²) in [5.74, 6) is -0.957. The number of esters is 2. The monoisotopic (exact) mass is 356 g/mol. The number of carbonyl (C=O) groups is 2. The van der Waals surface area contributed by atoms with Crippen molar-refractivity contribution in [2.75, 3.05) is 13.2 Å². The van der Waals surface area contributed by atoms with Gasteiger partial charge in [0.1, 0.15) is 0 Å². The highest BCUT2D eigenvalue weighted by molar-refractivity contribution is 5.90. The Labute approximate surface area is 148 Å². The molecule has 1 aromatic heterocycles. The van der Waals surface area contributed by atoms with Crippen LogP contribution in [0.2, 0.25) is 0 Å². The summed E-state index contributed by atoms with van der Waals surface area (Å²) in [6.45, 7) is 12.1. The predicted molar refractivity (Wildman–Crippen MR) is 90.0 cm³/mol. The predicted octanol–water partition coefficient (Wildman–Crippen LogP) is 3.63. The van der Waals surface area contributed by atoms with Crippen LogP contribution in [0, 0.1) is 11.8 Å². The molecule has 0 bridgehead atoms. The van der Waals surface area contributed by atoms with Crippen LogP contribution in [0.4, 0.5) is 0 Å². The van der Waals surface area contributed by atoms with Crippen LogP contribution < -0.4 is 0 Å². The number of carbonyl (C=O) groups excluding carboxylic acids is 2. The van der Waals surface area contributed by atoms with Crippen molar-refractivity contribution in [1.29, 1.82) is 0 Å². The van der Waals surface area contributed by atoms with Crippen LogP contribution in [-0.2, 0) is 18.9 Å². The molecule has 0 fully saturated rings. The molecule has 0 aliphatic carbocycles. The zero-order chi connectivity index (χ0) is 19.0. The van der Waals surface area contributed by atoms with E-state index in [0.717, 1.165) is 0 Å². The minimum absolute atomic E-state index is 0.0947. The first-order valence-corrected chi connectivity index (χ1v) is 8.44. The molecule has 0 aromatic carbocycles. The van der Waals surface area contributed by atoms with Gasteiger partial charge < -0.3 is 23.4 Å². The molecule has 0 radical (unpaired) electrons. The molecule has 0 saturated carbocycles. The van der Waals surface area contributed by atoms with Crippen LogP contribution in [0.5, 0.6) is 0 Å². The van der Waals surface area contributed by atoms with Gasteiger partial charge in [0, 0.05) is 0 Å². The number of hydrogen-bond donors (Lipinski definition) is 0. The fourth-order valence-corrected chi connectivity index (χ4v) is 1.70.